The number of thioether (sulfide) groups is 1. The van der Waals surface area contributed by atoms with Crippen LogP contribution in [0.2, 0.25) is 0 Å². The second kappa shape index (κ2) is 9.99. The number of aromatic nitrogens is 1. The second-order valence-corrected chi connectivity index (χ2v) is 4.99. The molecule has 1 aromatic heterocycles. The van der Waals surface area contributed by atoms with Crippen LogP contribution in [0.15, 0.2) is 47.7 Å². The van der Waals surface area contributed by atoms with Gasteiger partial charge in [0.15, 0.2) is 0 Å². The molecule has 0 spiro atoms. The summed E-state index contributed by atoms with van der Waals surface area (Å²) in [6.07, 6.45) is -0.631. The molecule has 1 rings (SSSR count). The maximum absolute atomic E-state index is 11.9. The van der Waals surface area contributed by atoms with E-state index in [1.807, 2.05) is 0 Å². The number of pyridine rings is 1. The molecule has 0 atom stereocenters. The summed E-state index contributed by atoms with van der Waals surface area (Å²) in [4.78, 5) is 15.8. The molecule has 1 aromatic rings. The van der Waals surface area contributed by atoms with E-state index < -0.39 is 18.1 Å². The van der Waals surface area contributed by atoms with Crippen molar-refractivity contribution >= 4 is 17.7 Å². The first-order chi connectivity index (χ1) is 10.5. The number of nitrogens with zero attached hydrogens (tertiary/aromatic N) is 1. The summed E-state index contributed by atoms with van der Waals surface area (Å²) in [7, 11) is 0. The van der Waals surface area contributed by atoms with Crippen molar-refractivity contribution in [3.63, 3.8) is 0 Å². The molecule has 1 heterocycles. The molecule has 3 nitrogen and oxygen atoms in total. The van der Waals surface area contributed by atoms with Crippen molar-refractivity contribution in [1.29, 1.82) is 0 Å². The van der Waals surface area contributed by atoms with Gasteiger partial charge in [0, 0.05) is 18.4 Å². The molecule has 0 radical (unpaired) electrons. The van der Waals surface area contributed by atoms with E-state index in [0.29, 0.717) is 16.9 Å². The van der Waals surface area contributed by atoms with Gasteiger partial charge in [-0.25, -0.2) is 9.78 Å². The lowest BCUT2D eigenvalue weighted by atomic mass is 10.3. The van der Waals surface area contributed by atoms with Crippen molar-refractivity contribution in [2.75, 3.05) is 12.4 Å². The fraction of sp³-hybridized carbons (Fsp3) is 0.286. The maximum Gasteiger partial charge on any atom is 0.340 e. The largest absolute Gasteiger partial charge is 0.462 e. The lowest BCUT2D eigenvalue weighted by Crippen LogP contribution is -2.08. The number of hydrogen-bond donors (Lipinski definition) is 0. The maximum atomic E-state index is 11.9. The van der Waals surface area contributed by atoms with Crippen LogP contribution in [0.5, 0.6) is 0 Å². The van der Waals surface area contributed by atoms with E-state index in [4.69, 9.17) is 4.74 Å². The third kappa shape index (κ3) is 7.26. The number of hydrogen-bond acceptors (Lipinski definition) is 4. The number of carbonyl (C=O) groups is 1. The van der Waals surface area contributed by atoms with Gasteiger partial charge in [-0.3, -0.25) is 0 Å². The number of ether oxygens (including phenoxy) is 1. The average molecular weight is 335 g/mol. The van der Waals surface area contributed by atoms with Crippen LogP contribution in [0.4, 0.5) is 17.6 Å². The lowest BCUT2D eigenvalue weighted by Gasteiger charge is -2.07. The highest BCUT2D eigenvalue weighted by molar-refractivity contribution is 7.99. The van der Waals surface area contributed by atoms with Crippen molar-refractivity contribution in [3.8, 4) is 0 Å². The summed E-state index contributed by atoms with van der Waals surface area (Å²) in [6, 6.07) is 3.01. The van der Waals surface area contributed by atoms with Gasteiger partial charge in [-0.2, -0.15) is 17.6 Å². The molecule has 0 aliphatic rings. The molecule has 0 saturated carbocycles. The summed E-state index contributed by atoms with van der Waals surface area (Å²) < 4.78 is 52.3. The van der Waals surface area contributed by atoms with Gasteiger partial charge in [-0.05, 0) is 30.7 Å². The molecule has 0 saturated heterocycles. The fourth-order valence-electron chi connectivity index (χ4n) is 1.38. The van der Waals surface area contributed by atoms with E-state index in [9.17, 15) is 22.4 Å². The van der Waals surface area contributed by atoms with Gasteiger partial charge >= 0.3 is 5.97 Å². The Morgan fingerprint density at radius 3 is 2.55 bits per heavy atom. The Kier molecular flexibility index (Phi) is 8.27. The van der Waals surface area contributed by atoms with Crippen LogP contribution in [0, 0.1) is 0 Å². The molecule has 0 bridgehead atoms. The Balaban J connectivity index is 2.56. The number of carbonyl (C=O) groups excluding carboxylic acids is 1. The molecule has 0 N–H and O–H groups in total. The summed E-state index contributed by atoms with van der Waals surface area (Å²) in [5.41, 5.74) is 0.182. The Bertz CT molecular complexity index is 556. The average Bonchev–Trinajstić information content (AvgIpc) is 2.48. The Morgan fingerprint density at radius 1 is 1.18 bits per heavy atom. The minimum absolute atomic E-state index is 0.0859. The third-order valence-electron chi connectivity index (χ3n) is 2.30. The van der Waals surface area contributed by atoms with Crippen LogP contribution in [-0.2, 0) is 4.74 Å². The highest BCUT2D eigenvalue weighted by Gasteiger charge is 2.13. The lowest BCUT2D eigenvalue weighted by molar-refractivity contribution is 0.0505. The number of esters is 1. The van der Waals surface area contributed by atoms with E-state index in [-0.39, 0.29) is 25.0 Å². The highest BCUT2D eigenvalue weighted by Crippen LogP contribution is 2.22. The summed E-state index contributed by atoms with van der Waals surface area (Å²) in [5, 5.41) is 0.354. The van der Waals surface area contributed by atoms with E-state index in [1.54, 1.807) is 0 Å². The van der Waals surface area contributed by atoms with E-state index in [1.165, 1.54) is 18.3 Å². The predicted octanol–water partition coefficient (Wildman–Crippen LogP) is 4.67. The molecule has 22 heavy (non-hydrogen) atoms. The summed E-state index contributed by atoms with van der Waals surface area (Å²) >= 11 is 1.14. The standard InChI is InChI=1S/C14H13F4NO2S/c15-11(16)5-2-8-21-14(20)10-4-1-7-19-13(10)22-9-3-6-12(17)18/h1,4-7H,2-3,8-9H2. The predicted molar refractivity (Wildman–Crippen MR) is 75.1 cm³/mol. The quantitative estimate of drug-likeness (QED) is 0.299. The Morgan fingerprint density at radius 2 is 1.86 bits per heavy atom. The van der Waals surface area contributed by atoms with Crippen LogP contribution in [-0.4, -0.2) is 23.3 Å². The van der Waals surface area contributed by atoms with Crippen molar-refractivity contribution < 1.29 is 27.1 Å². The van der Waals surface area contributed by atoms with Crippen LogP contribution in [0.3, 0.4) is 0 Å². The van der Waals surface area contributed by atoms with Crippen LogP contribution >= 0.6 is 11.8 Å². The molecule has 0 unspecified atom stereocenters. The van der Waals surface area contributed by atoms with Gasteiger partial charge in [0.2, 0.25) is 0 Å². The number of allylic oxidation sites excluding steroid dienone is 1. The van der Waals surface area contributed by atoms with Gasteiger partial charge in [-0.1, -0.05) is 0 Å². The summed E-state index contributed by atoms with van der Waals surface area (Å²) in [6.45, 7) is -0.176. The third-order valence-corrected chi connectivity index (χ3v) is 3.33. The molecule has 0 aliphatic carbocycles. The molecule has 120 valence electrons. The van der Waals surface area contributed by atoms with Crippen molar-refractivity contribution in [1.82, 2.24) is 4.98 Å². The Hall–Kier alpha value is -1.83. The molecular formula is C14H13F4NO2S. The van der Waals surface area contributed by atoms with Crippen molar-refractivity contribution in [2.45, 2.75) is 17.9 Å². The van der Waals surface area contributed by atoms with E-state index in [2.05, 4.69) is 4.98 Å². The smallest absolute Gasteiger partial charge is 0.340 e. The molecule has 8 heteroatoms. The minimum atomic E-state index is -1.83. The normalized spacial score (nSPS) is 10.0. The zero-order chi connectivity index (χ0) is 16.4. The van der Waals surface area contributed by atoms with Crippen molar-refractivity contribution in [3.05, 3.63) is 48.2 Å². The SMILES string of the molecule is O=C(OCCC=C(F)F)c1cccnc1SCCC=C(F)F. The van der Waals surface area contributed by atoms with E-state index in [0.717, 1.165) is 17.8 Å². The first kappa shape index (κ1) is 18.2. The first-order valence-electron chi connectivity index (χ1n) is 6.28. The topological polar surface area (TPSA) is 39.2 Å². The zero-order valence-electron chi connectivity index (χ0n) is 11.4. The van der Waals surface area contributed by atoms with Gasteiger partial charge in [-0.15, -0.1) is 11.8 Å². The molecule has 0 aliphatic heterocycles. The van der Waals surface area contributed by atoms with Crippen LogP contribution in [0.1, 0.15) is 23.2 Å². The van der Waals surface area contributed by atoms with Crippen LogP contribution < -0.4 is 0 Å². The minimum Gasteiger partial charge on any atom is -0.462 e. The fourth-order valence-corrected chi connectivity index (χ4v) is 2.25. The van der Waals surface area contributed by atoms with E-state index >= 15 is 0 Å². The number of halogens is 4. The highest BCUT2D eigenvalue weighted by atomic mass is 32.2. The van der Waals surface area contributed by atoms with Gasteiger partial charge in [0.05, 0.1) is 12.2 Å². The van der Waals surface area contributed by atoms with Crippen LogP contribution in [0.25, 0.3) is 0 Å². The summed E-state index contributed by atoms with van der Waals surface area (Å²) in [5.74, 6) is -0.361. The molecular weight excluding hydrogens is 322 g/mol. The molecule has 0 amide bonds. The Labute approximate surface area is 129 Å². The second-order valence-electron chi connectivity index (χ2n) is 3.91. The van der Waals surface area contributed by atoms with Crippen molar-refractivity contribution in [2.24, 2.45) is 0 Å². The van der Waals surface area contributed by atoms with Gasteiger partial charge < -0.3 is 4.74 Å². The van der Waals surface area contributed by atoms with Gasteiger partial charge in [0.1, 0.15) is 5.03 Å². The molecule has 0 fully saturated rings. The monoisotopic (exact) mass is 335 g/mol. The first-order valence-corrected chi connectivity index (χ1v) is 7.26. The molecule has 0 aromatic carbocycles. The van der Waals surface area contributed by atoms with Gasteiger partial charge in [0.25, 0.3) is 12.2 Å². The number of rotatable bonds is 8. The zero-order valence-corrected chi connectivity index (χ0v) is 12.2.